The molecule has 2 aromatic rings. The molecule has 0 aliphatic heterocycles. The van der Waals surface area contributed by atoms with E-state index in [2.05, 4.69) is 20.6 Å². The van der Waals surface area contributed by atoms with Crippen LogP contribution in [0.2, 0.25) is 0 Å². The van der Waals surface area contributed by atoms with Crippen molar-refractivity contribution in [3.8, 4) is 0 Å². The zero-order chi connectivity index (χ0) is 17.4. The second kappa shape index (κ2) is 8.76. The van der Waals surface area contributed by atoms with Gasteiger partial charge in [-0.3, -0.25) is 9.59 Å². The van der Waals surface area contributed by atoms with Crippen LogP contribution in [0.1, 0.15) is 33.9 Å². The molecule has 0 atom stereocenters. The van der Waals surface area contributed by atoms with Crippen LogP contribution in [0.15, 0.2) is 36.5 Å². The van der Waals surface area contributed by atoms with Gasteiger partial charge < -0.3 is 10.6 Å². The summed E-state index contributed by atoms with van der Waals surface area (Å²) in [6, 6.07) is 9.90. The van der Waals surface area contributed by atoms with E-state index in [9.17, 15) is 9.59 Å². The van der Waals surface area contributed by atoms with Gasteiger partial charge in [-0.1, -0.05) is 30.3 Å². The van der Waals surface area contributed by atoms with Crippen LogP contribution in [0, 0.1) is 6.92 Å². The molecule has 2 amide bonds. The second-order valence-corrected chi connectivity index (χ2v) is 5.44. The molecule has 0 saturated heterocycles. The van der Waals surface area contributed by atoms with Gasteiger partial charge in [0.1, 0.15) is 5.82 Å². The molecule has 0 radical (unpaired) electrons. The Labute approximate surface area is 141 Å². The van der Waals surface area contributed by atoms with Gasteiger partial charge in [0, 0.05) is 32.6 Å². The Morgan fingerprint density at radius 3 is 2.58 bits per heavy atom. The highest BCUT2D eigenvalue weighted by Gasteiger charge is 2.12. The fourth-order valence-electron chi connectivity index (χ4n) is 2.34. The molecule has 2 N–H and O–H groups in total. The van der Waals surface area contributed by atoms with Crippen LogP contribution in [0.5, 0.6) is 0 Å². The first-order valence-electron chi connectivity index (χ1n) is 7.95. The molecule has 0 saturated carbocycles. The minimum atomic E-state index is -0.222. The number of benzene rings is 1. The van der Waals surface area contributed by atoms with Crippen LogP contribution in [0.4, 0.5) is 0 Å². The first-order chi connectivity index (χ1) is 11.6. The van der Waals surface area contributed by atoms with Gasteiger partial charge in [-0.2, -0.15) is 0 Å². The number of amides is 2. The molecule has 0 spiro atoms. The van der Waals surface area contributed by atoms with E-state index in [1.807, 2.05) is 30.3 Å². The molecule has 0 bridgehead atoms. The third kappa shape index (κ3) is 5.15. The van der Waals surface area contributed by atoms with Crippen LogP contribution in [-0.4, -0.2) is 35.4 Å². The van der Waals surface area contributed by atoms with E-state index >= 15 is 0 Å². The summed E-state index contributed by atoms with van der Waals surface area (Å²) in [6.07, 6.45) is 3.16. The van der Waals surface area contributed by atoms with E-state index in [0.29, 0.717) is 42.9 Å². The SMILES string of the molecule is CNC(=O)c1cnc(C)nc1CCNC(=O)CCc1ccccc1. The number of aromatic nitrogens is 2. The van der Waals surface area contributed by atoms with E-state index in [1.165, 1.54) is 6.20 Å². The Hall–Kier alpha value is -2.76. The van der Waals surface area contributed by atoms with Gasteiger partial charge in [-0.15, -0.1) is 0 Å². The van der Waals surface area contributed by atoms with E-state index in [4.69, 9.17) is 0 Å². The monoisotopic (exact) mass is 326 g/mol. The maximum absolute atomic E-state index is 11.9. The van der Waals surface area contributed by atoms with Gasteiger partial charge in [0.15, 0.2) is 0 Å². The minimum absolute atomic E-state index is 0.00822. The number of rotatable bonds is 7. The topological polar surface area (TPSA) is 84.0 Å². The van der Waals surface area contributed by atoms with Crippen molar-refractivity contribution in [2.75, 3.05) is 13.6 Å². The maximum atomic E-state index is 11.9. The number of hydrogen-bond donors (Lipinski definition) is 2. The summed E-state index contributed by atoms with van der Waals surface area (Å²) in [5.41, 5.74) is 2.23. The molecule has 24 heavy (non-hydrogen) atoms. The lowest BCUT2D eigenvalue weighted by Crippen LogP contribution is -2.27. The Balaban J connectivity index is 1.84. The average Bonchev–Trinajstić information content (AvgIpc) is 2.60. The van der Waals surface area contributed by atoms with Crippen LogP contribution in [0.3, 0.4) is 0 Å². The molecule has 0 fully saturated rings. The number of hydrogen-bond acceptors (Lipinski definition) is 4. The third-order valence-corrected chi connectivity index (χ3v) is 3.63. The van der Waals surface area contributed by atoms with E-state index < -0.39 is 0 Å². The van der Waals surface area contributed by atoms with Crippen LogP contribution >= 0.6 is 0 Å². The molecule has 126 valence electrons. The Kier molecular flexibility index (Phi) is 6.42. The number of carbonyl (C=O) groups is 2. The smallest absolute Gasteiger partial charge is 0.254 e. The lowest BCUT2D eigenvalue weighted by molar-refractivity contribution is -0.121. The fraction of sp³-hybridized carbons (Fsp3) is 0.333. The number of nitrogens with zero attached hydrogens (tertiary/aromatic N) is 2. The zero-order valence-corrected chi connectivity index (χ0v) is 14.0. The van der Waals surface area contributed by atoms with Crippen molar-refractivity contribution in [3.63, 3.8) is 0 Å². The van der Waals surface area contributed by atoms with Crippen LogP contribution in [0.25, 0.3) is 0 Å². The Morgan fingerprint density at radius 1 is 1.12 bits per heavy atom. The summed E-state index contributed by atoms with van der Waals surface area (Å²) in [7, 11) is 1.57. The van der Waals surface area contributed by atoms with Crippen molar-refractivity contribution in [2.45, 2.75) is 26.2 Å². The predicted molar refractivity (Wildman–Crippen MR) is 91.6 cm³/mol. The highest BCUT2D eigenvalue weighted by Crippen LogP contribution is 2.06. The van der Waals surface area contributed by atoms with Gasteiger partial charge in [0.25, 0.3) is 5.91 Å². The van der Waals surface area contributed by atoms with E-state index in [1.54, 1.807) is 14.0 Å². The molecular formula is C18H22N4O2. The summed E-state index contributed by atoms with van der Waals surface area (Å²) in [6.45, 7) is 2.21. The molecule has 2 rings (SSSR count). The van der Waals surface area contributed by atoms with Gasteiger partial charge in [-0.05, 0) is 18.9 Å². The van der Waals surface area contributed by atoms with Crippen molar-refractivity contribution in [3.05, 3.63) is 59.2 Å². The van der Waals surface area contributed by atoms with Crippen LogP contribution in [-0.2, 0) is 17.6 Å². The summed E-state index contributed by atoms with van der Waals surface area (Å²) < 4.78 is 0. The van der Waals surface area contributed by atoms with Crippen molar-refractivity contribution < 1.29 is 9.59 Å². The summed E-state index contributed by atoms with van der Waals surface area (Å²) in [5, 5.41) is 5.45. The maximum Gasteiger partial charge on any atom is 0.254 e. The quantitative estimate of drug-likeness (QED) is 0.806. The number of nitrogens with one attached hydrogen (secondary N) is 2. The van der Waals surface area contributed by atoms with Crippen molar-refractivity contribution >= 4 is 11.8 Å². The average molecular weight is 326 g/mol. The predicted octanol–water partition coefficient (Wildman–Crippen LogP) is 1.44. The molecule has 0 aliphatic carbocycles. The van der Waals surface area contributed by atoms with Gasteiger partial charge >= 0.3 is 0 Å². The van der Waals surface area contributed by atoms with Gasteiger partial charge in [0.2, 0.25) is 5.91 Å². The largest absolute Gasteiger partial charge is 0.356 e. The molecule has 0 aliphatic rings. The van der Waals surface area contributed by atoms with Crippen molar-refractivity contribution in [2.24, 2.45) is 0 Å². The first kappa shape index (κ1) is 17.6. The normalized spacial score (nSPS) is 10.2. The molecule has 1 aromatic carbocycles. The summed E-state index contributed by atoms with van der Waals surface area (Å²) in [4.78, 5) is 32.1. The standard InChI is InChI=1S/C18H22N4O2/c1-13-21-12-15(18(24)19-2)16(22-13)10-11-20-17(23)9-8-14-6-4-3-5-7-14/h3-7,12H,8-11H2,1-2H3,(H,19,24)(H,20,23). The molecular weight excluding hydrogens is 304 g/mol. The van der Waals surface area contributed by atoms with Crippen molar-refractivity contribution in [1.82, 2.24) is 20.6 Å². The lowest BCUT2D eigenvalue weighted by atomic mass is 10.1. The fourth-order valence-corrected chi connectivity index (χ4v) is 2.34. The molecule has 6 nitrogen and oxygen atoms in total. The first-order valence-corrected chi connectivity index (χ1v) is 7.95. The van der Waals surface area contributed by atoms with Crippen molar-refractivity contribution in [1.29, 1.82) is 0 Å². The molecule has 0 unspecified atom stereocenters. The lowest BCUT2D eigenvalue weighted by Gasteiger charge is -2.09. The molecule has 6 heteroatoms. The van der Waals surface area contributed by atoms with Gasteiger partial charge in [0.05, 0.1) is 11.3 Å². The Bertz CT molecular complexity index is 701. The minimum Gasteiger partial charge on any atom is -0.356 e. The summed E-state index contributed by atoms with van der Waals surface area (Å²) in [5.74, 6) is 0.375. The number of aryl methyl sites for hydroxylation is 2. The third-order valence-electron chi connectivity index (χ3n) is 3.63. The summed E-state index contributed by atoms with van der Waals surface area (Å²) >= 11 is 0. The van der Waals surface area contributed by atoms with Gasteiger partial charge in [-0.25, -0.2) is 9.97 Å². The Morgan fingerprint density at radius 2 is 1.88 bits per heavy atom. The highest BCUT2D eigenvalue weighted by atomic mass is 16.2. The second-order valence-electron chi connectivity index (χ2n) is 5.44. The number of carbonyl (C=O) groups excluding carboxylic acids is 2. The molecule has 1 heterocycles. The van der Waals surface area contributed by atoms with E-state index in [-0.39, 0.29) is 11.8 Å². The molecule has 1 aromatic heterocycles. The zero-order valence-electron chi connectivity index (χ0n) is 14.0. The van der Waals surface area contributed by atoms with E-state index in [0.717, 1.165) is 5.56 Å². The highest BCUT2D eigenvalue weighted by molar-refractivity contribution is 5.94. The van der Waals surface area contributed by atoms with Crippen LogP contribution < -0.4 is 10.6 Å².